The minimum atomic E-state index is -3.47. The fourth-order valence-electron chi connectivity index (χ4n) is 3.13. The first kappa shape index (κ1) is 21.3. The first-order chi connectivity index (χ1) is 14.0. The predicted molar refractivity (Wildman–Crippen MR) is 109 cm³/mol. The number of nitrogens with one attached hydrogen (secondary N) is 1. The number of nitrogens with zero attached hydrogens (tertiary/aromatic N) is 1. The molecule has 0 spiro atoms. The third-order valence-corrected chi connectivity index (χ3v) is 6.64. The monoisotopic (exact) mass is 418 g/mol. The second-order valence-corrected chi connectivity index (χ2v) is 8.74. The van der Waals surface area contributed by atoms with Crippen molar-refractivity contribution in [3.8, 4) is 5.75 Å². The second-order valence-electron chi connectivity index (χ2n) is 6.81. The smallest absolute Gasteiger partial charge is 0.251 e. The van der Waals surface area contributed by atoms with E-state index in [4.69, 9.17) is 9.47 Å². The van der Waals surface area contributed by atoms with E-state index in [0.717, 1.165) is 18.4 Å². The number of hydrogen-bond donors (Lipinski definition) is 1. The Balaban J connectivity index is 1.58. The van der Waals surface area contributed by atoms with Gasteiger partial charge in [-0.3, -0.25) is 4.79 Å². The van der Waals surface area contributed by atoms with Crippen LogP contribution in [0, 0.1) is 0 Å². The first-order valence-electron chi connectivity index (χ1n) is 9.60. The Labute approximate surface area is 171 Å². The average Bonchev–Trinajstić information content (AvgIpc) is 3.28. The van der Waals surface area contributed by atoms with Gasteiger partial charge in [0.1, 0.15) is 12.4 Å². The Morgan fingerprint density at radius 3 is 2.48 bits per heavy atom. The highest BCUT2D eigenvalue weighted by Gasteiger charge is 2.27. The van der Waals surface area contributed by atoms with Crippen LogP contribution in [0.5, 0.6) is 5.75 Å². The van der Waals surface area contributed by atoms with E-state index in [1.165, 1.54) is 16.4 Å². The second kappa shape index (κ2) is 9.87. The van der Waals surface area contributed by atoms with Crippen LogP contribution in [0.1, 0.15) is 28.8 Å². The molecule has 1 N–H and O–H groups in total. The Hall–Kier alpha value is -2.42. The molecule has 1 aliphatic rings. The molecular weight excluding hydrogens is 392 g/mol. The molecule has 0 atom stereocenters. The molecule has 0 radical (unpaired) electrons. The number of carbonyl (C=O) groups excluding carboxylic acids is 1. The van der Waals surface area contributed by atoms with Crippen LogP contribution in [-0.4, -0.2) is 52.0 Å². The predicted octanol–water partition coefficient (Wildman–Crippen LogP) is 2.43. The van der Waals surface area contributed by atoms with Crippen molar-refractivity contribution in [2.75, 3.05) is 33.4 Å². The van der Waals surface area contributed by atoms with Gasteiger partial charge in [0, 0.05) is 32.3 Å². The van der Waals surface area contributed by atoms with Crippen LogP contribution >= 0.6 is 0 Å². The fraction of sp³-hybridized carbons (Fsp3) is 0.381. The molecular formula is C21H26N2O5S. The van der Waals surface area contributed by atoms with Crippen LogP contribution < -0.4 is 10.1 Å². The zero-order chi connectivity index (χ0) is 20.7. The van der Waals surface area contributed by atoms with Gasteiger partial charge in [0.15, 0.2) is 0 Å². The van der Waals surface area contributed by atoms with Crippen molar-refractivity contribution in [2.24, 2.45) is 0 Å². The molecule has 3 rings (SSSR count). The van der Waals surface area contributed by atoms with Gasteiger partial charge < -0.3 is 14.8 Å². The quantitative estimate of drug-likeness (QED) is 0.632. The van der Waals surface area contributed by atoms with Gasteiger partial charge in [0.25, 0.3) is 5.91 Å². The van der Waals surface area contributed by atoms with Crippen LogP contribution in [0.25, 0.3) is 0 Å². The van der Waals surface area contributed by atoms with Crippen LogP contribution in [-0.2, 0) is 21.3 Å². The number of amides is 1. The Morgan fingerprint density at radius 2 is 1.79 bits per heavy atom. The standard InChI is InChI=1S/C21H26N2O5S/c1-27-13-14-28-19-6-4-5-17(15-19)16-22-21(24)18-7-9-20(10-8-18)29(25,26)23-11-2-3-12-23/h4-10,15H,2-3,11-14,16H2,1H3,(H,22,24). The molecule has 1 fully saturated rings. The summed E-state index contributed by atoms with van der Waals surface area (Å²) < 4.78 is 37.1. The first-order valence-corrected chi connectivity index (χ1v) is 11.0. The van der Waals surface area contributed by atoms with Gasteiger partial charge in [-0.25, -0.2) is 8.42 Å². The molecule has 8 heteroatoms. The number of hydrogen-bond acceptors (Lipinski definition) is 5. The number of benzene rings is 2. The lowest BCUT2D eigenvalue weighted by molar-refractivity contribution is 0.0950. The molecule has 2 aromatic rings. The Morgan fingerprint density at radius 1 is 1.07 bits per heavy atom. The third-order valence-electron chi connectivity index (χ3n) is 4.73. The summed E-state index contributed by atoms with van der Waals surface area (Å²) in [7, 11) is -1.86. The summed E-state index contributed by atoms with van der Waals surface area (Å²) in [6, 6.07) is 13.5. The van der Waals surface area contributed by atoms with Crippen molar-refractivity contribution in [3.63, 3.8) is 0 Å². The molecule has 29 heavy (non-hydrogen) atoms. The van der Waals surface area contributed by atoms with Gasteiger partial charge in [-0.05, 0) is 54.8 Å². The van der Waals surface area contributed by atoms with Gasteiger partial charge in [0.2, 0.25) is 10.0 Å². The highest BCUT2D eigenvalue weighted by Crippen LogP contribution is 2.21. The summed E-state index contributed by atoms with van der Waals surface area (Å²) in [6.07, 6.45) is 1.77. The van der Waals surface area contributed by atoms with E-state index in [2.05, 4.69) is 5.32 Å². The average molecular weight is 419 g/mol. The number of rotatable bonds is 9. The molecule has 0 bridgehead atoms. The van der Waals surface area contributed by atoms with Crippen LogP contribution in [0.4, 0.5) is 0 Å². The minimum absolute atomic E-state index is 0.219. The van der Waals surface area contributed by atoms with E-state index in [-0.39, 0.29) is 10.8 Å². The molecule has 2 aromatic carbocycles. The van der Waals surface area contributed by atoms with Gasteiger partial charge in [-0.15, -0.1) is 0 Å². The number of methoxy groups -OCH3 is 1. The van der Waals surface area contributed by atoms with E-state index in [1.54, 1.807) is 19.2 Å². The Bertz CT molecular complexity index is 922. The van der Waals surface area contributed by atoms with Crippen LogP contribution in [0.15, 0.2) is 53.4 Å². The van der Waals surface area contributed by atoms with Gasteiger partial charge in [0.05, 0.1) is 11.5 Å². The zero-order valence-corrected chi connectivity index (χ0v) is 17.3. The highest BCUT2D eigenvalue weighted by atomic mass is 32.2. The third kappa shape index (κ3) is 5.56. The van der Waals surface area contributed by atoms with E-state index in [9.17, 15) is 13.2 Å². The summed E-state index contributed by atoms with van der Waals surface area (Å²) >= 11 is 0. The van der Waals surface area contributed by atoms with Crippen molar-refractivity contribution in [2.45, 2.75) is 24.3 Å². The van der Waals surface area contributed by atoms with E-state index < -0.39 is 10.0 Å². The molecule has 7 nitrogen and oxygen atoms in total. The maximum Gasteiger partial charge on any atom is 0.251 e. The summed E-state index contributed by atoms with van der Waals surface area (Å²) in [4.78, 5) is 12.6. The topological polar surface area (TPSA) is 84.9 Å². The number of sulfonamides is 1. The lowest BCUT2D eigenvalue weighted by atomic mass is 10.2. The molecule has 1 amide bonds. The van der Waals surface area contributed by atoms with Crippen LogP contribution in [0.2, 0.25) is 0 Å². The van der Waals surface area contributed by atoms with E-state index in [1.807, 2.05) is 24.3 Å². The van der Waals surface area contributed by atoms with Crippen molar-refractivity contribution in [3.05, 3.63) is 59.7 Å². The van der Waals surface area contributed by atoms with Crippen molar-refractivity contribution in [1.29, 1.82) is 0 Å². The van der Waals surface area contributed by atoms with Crippen molar-refractivity contribution < 1.29 is 22.7 Å². The zero-order valence-electron chi connectivity index (χ0n) is 16.5. The normalized spacial score (nSPS) is 14.7. The molecule has 1 aliphatic heterocycles. The summed E-state index contributed by atoms with van der Waals surface area (Å²) in [6.45, 7) is 2.41. The molecule has 0 aliphatic carbocycles. The fourth-order valence-corrected chi connectivity index (χ4v) is 4.65. The van der Waals surface area contributed by atoms with Gasteiger partial charge >= 0.3 is 0 Å². The van der Waals surface area contributed by atoms with E-state index in [0.29, 0.717) is 44.2 Å². The summed E-state index contributed by atoms with van der Waals surface area (Å²) in [5.74, 6) is 0.450. The number of ether oxygens (including phenoxy) is 2. The maximum atomic E-state index is 12.6. The highest BCUT2D eigenvalue weighted by molar-refractivity contribution is 7.89. The van der Waals surface area contributed by atoms with E-state index >= 15 is 0 Å². The van der Waals surface area contributed by atoms with Gasteiger partial charge in [-0.2, -0.15) is 4.31 Å². The molecule has 1 heterocycles. The lowest BCUT2D eigenvalue weighted by Gasteiger charge is -2.15. The summed E-state index contributed by atoms with van der Waals surface area (Å²) in [5.41, 5.74) is 1.32. The van der Waals surface area contributed by atoms with Crippen molar-refractivity contribution >= 4 is 15.9 Å². The minimum Gasteiger partial charge on any atom is -0.491 e. The Kier molecular flexibility index (Phi) is 7.24. The molecule has 0 saturated carbocycles. The summed E-state index contributed by atoms with van der Waals surface area (Å²) in [5, 5.41) is 2.84. The number of carbonyl (C=O) groups is 1. The largest absolute Gasteiger partial charge is 0.491 e. The molecule has 156 valence electrons. The van der Waals surface area contributed by atoms with Gasteiger partial charge in [-0.1, -0.05) is 12.1 Å². The molecule has 0 unspecified atom stereocenters. The van der Waals surface area contributed by atoms with Crippen molar-refractivity contribution in [1.82, 2.24) is 9.62 Å². The molecule has 1 saturated heterocycles. The molecule has 0 aromatic heterocycles. The maximum absolute atomic E-state index is 12.6. The lowest BCUT2D eigenvalue weighted by Crippen LogP contribution is -2.28. The van der Waals surface area contributed by atoms with Crippen LogP contribution in [0.3, 0.4) is 0 Å². The SMILES string of the molecule is COCCOc1cccc(CNC(=O)c2ccc(S(=O)(=O)N3CCCC3)cc2)c1.